The van der Waals surface area contributed by atoms with Crippen LogP contribution in [0.4, 0.5) is 10.5 Å². The van der Waals surface area contributed by atoms with E-state index in [1.165, 1.54) is 16.2 Å². The van der Waals surface area contributed by atoms with Gasteiger partial charge in [-0.1, -0.05) is 37.3 Å². The smallest absolute Gasteiger partial charge is 0.412 e. The molecule has 1 aliphatic carbocycles. The first kappa shape index (κ1) is 29.5. The molecule has 0 radical (unpaired) electrons. The van der Waals surface area contributed by atoms with Crippen LogP contribution in [0.2, 0.25) is 0 Å². The fraction of sp³-hybridized carbons (Fsp3) is 0.581. The molecule has 9 nitrogen and oxygen atoms in total. The fourth-order valence-corrected chi connectivity index (χ4v) is 6.99. The largest absolute Gasteiger partial charge is 0.424 e. The first-order valence-electron chi connectivity index (χ1n) is 14.8. The van der Waals surface area contributed by atoms with Crippen molar-refractivity contribution >= 4 is 35.0 Å². The summed E-state index contributed by atoms with van der Waals surface area (Å²) in [5.41, 5.74) is 1.58. The third kappa shape index (κ3) is 7.28. The van der Waals surface area contributed by atoms with Gasteiger partial charge in [-0.15, -0.1) is 11.3 Å². The second kappa shape index (κ2) is 13.8. The first-order chi connectivity index (χ1) is 19.9. The van der Waals surface area contributed by atoms with Gasteiger partial charge >= 0.3 is 12.1 Å². The lowest BCUT2D eigenvalue weighted by Crippen LogP contribution is -2.49. The van der Waals surface area contributed by atoms with Gasteiger partial charge in [0.15, 0.2) is 0 Å². The van der Waals surface area contributed by atoms with E-state index < -0.39 is 18.9 Å². The Labute approximate surface area is 246 Å². The van der Waals surface area contributed by atoms with Crippen molar-refractivity contribution in [3.05, 3.63) is 41.3 Å². The van der Waals surface area contributed by atoms with Crippen LogP contribution in [0.15, 0.2) is 36.4 Å². The number of carbonyl (C=O) groups is 3. The molecular weight excluding hydrogens is 542 g/mol. The molecule has 222 valence electrons. The van der Waals surface area contributed by atoms with Crippen LogP contribution in [0.1, 0.15) is 55.1 Å². The van der Waals surface area contributed by atoms with Gasteiger partial charge in [-0.3, -0.25) is 4.79 Å². The minimum Gasteiger partial charge on any atom is -0.424 e. The third-order valence-corrected chi connectivity index (χ3v) is 9.67. The number of benzene rings is 1. The maximum atomic E-state index is 14.3. The van der Waals surface area contributed by atoms with E-state index in [0.717, 1.165) is 62.1 Å². The van der Waals surface area contributed by atoms with Crippen LogP contribution in [0, 0.1) is 11.8 Å². The number of nitrogens with zero attached hydrogens (tertiary/aromatic N) is 3. The quantitative estimate of drug-likeness (QED) is 0.325. The molecule has 2 aliphatic heterocycles. The summed E-state index contributed by atoms with van der Waals surface area (Å²) in [4.78, 5) is 47.2. The van der Waals surface area contributed by atoms with Crippen molar-refractivity contribution in [1.82, 2.24) is 9.80 Å². The molecule has 0 spiro atoms. The molecule has 2 amide bonds. The highest BCUT2D eigenvalue weighted by Gasteiger charge is 2.37. The average Bonchev–Trinajstić information content (AvgIpc) is 3.44. The summed E-state index contributed by atoms with van der Waals surface area (Å²) in [5.74, 6) is 0.0956. The summed E-state index contributed by atoms with van der Waals surface area (Å²) in [6.45, 7) is 5.33. The summed E-state index contributed by atoms with van der Waals surface area (Å²) in [5, 5.41) is 0. The van der Waals surface area contributed by atoms with E-state index in [2.05, 4.69) is 18.9 Å². The van der Waals surface area contributed by atoms with E-state index in [9.17, 15) is 14.4 Å². The van der Waals surface area contributed by atoms with Crippen molar-refractivity contribution in [2.45, 2.75) is 51.5 Å². The summed E-state index contributed by atoms with van der Waals surface area (Å²) in [6, 6.07) is 11.8. The Hall–Kier alpha value is -2.95. The van der Waals surface area contributed by atoms with E-state index >= 15 is 0 Å². The lowest BCUT2D eigenvalue weighted by Gasteiger charge is -2.40. The molecule has 1 aromatic carbocycles. The second-order valence-electron chi connectivity index (χ2n) is 11.4. The predicted molar refractivity (Wildman–Crippen MR) is 158 cm³/mol. The molecule has 0 N–H and O–H groups in total. The van der Waals surface area contributed by atoms with Gasteiger partial charge in [0.2, 0.25) is 12.7 Å². The lowest BCUT2D eigenvalue weighted by molar-refractivity contribution is -0.124. The maximum absolute atomic E-state index is 14.3. The van der Waals surface area contributed by atoms with Crippen molar-refractivity contribution in [2.24, 2.45) is 11.8 Å². The summed E-state index contributed by atoms with van der Waals surface area (Å²) in [6.07, 6.45) is 4.97. The standard InChI is InChI=1S/C31H41N3O6S/c1-22-8-10-24(11-9-22)29(35)34(25-12-14-32(2)15-13-25)26-20-27(23-6-4-3-5-7-23)41-28(26)30(36)39-21-40-31(37)33-16-18-38-19-17-33/h3-7,20,22,24-25H,8-19,21H2,1-2H3. The van der Waals surface area contributed by atoms with Crippen molar-refractivity contribution in [2.75, 3.05) is 58.1 Å². The lowest BCUT2D eigenvalue weighted by atomic mass is 9.82. The molecular formula is C31H41N3O6S. The Balaban J connectivity index is 1.42. The number of piperidine rings is 1. The number of hydrogen-bond donors (Lipinski definition) is 0. The van der Waals surface area contributed by atoms with Crippen LogP contribution in [-0.2, 0) is 19.0 Å². The van der Waals surface area contributed by atoms with Gasteiger partial charge in [0, 0.05) is 29.9 Å². The molecule has 2 aromatic rings. The zero-order valence-corrected chi connectivity index (χ0v) is 24.9. The first-order valence-corrected chi connectivity index (χ1v) is 15.6. The molecule has 2 saturated heterocycles. The Morgan fingerprint density at radius 1 is 0.951 bits per heavy atom. The summed E-state index contributed by atoms with van der Waals surface area (Å²) in [7, 11) is 2.10. The van der Waals surface area contributed by atoms with E-state index in [0.29, 0.717) is 42.8 Å². The highest BCUT2D eigenvalue weighted by Crippen LogP contribution is 2.41. The normalized spacial score (nSPS) is 22.2. The topological polar surface area (TPSA) is 88.6 Å². The van der Waals surface area contributed by atoms with Gasteiger partial charge in [-0.2, -0.15) is 0 Å². The molecule has 1 aromatic heterocycles. The van der Waals surface area contributed by atoms with Crippen LogP contribution in [0.25, 0.3) is 10.4 Å². The number of morpholine rings is 1. The molecule has 10 heteroatoms. The molecule has 3 heterocycles. The molecule has 41 heavy (non-hydrogen) atoms. The minimum absolute atomic E-state index is 0.00183. The van der Waals surface area contributed by atoms with E-state index in [1.807, 2.05) is 41.3 Å². The SMILES string of the molecule is CC1CCC(C(=O)N(c2cc(-c3ccccc3)sc2C(=O)OCOC(=O)N2CCOCC2)C2CCN(C)CC2)CC1. The average molecular weight is 584 g/mol. The number of likely N-dealkylation sites (tertiary alicyclic amines) is 1. The second-order valence-corrected chi connectivity index (χ2v) is 12.5. The Kier molecular flexibility index (Phi) is 9.95. The van der Waals surface area contributed by atoms with Crippen LogP contribution in [0.5, 0.6) is 0 Å². The van der Waals surface area contributed by atoms with Crippen LogP contribution >= 0.6 is 11.3 Å². The van der Waals surface area contributed by atoms with Crippen molar-refractivity contribution in [3.8, 4) is 10.4 Å². The number of carbonyl (C=O) groups excluding carboxylic acids is 3. The van der Waals surface area contributed by atoms with Gasteiger partial charge < -0.3 is 28.9 Å². The fourth-order valence-electron chi connectivity index (χ4n) is 5.94. The van der Waals surface area contributed by atoms with E-state index in [1.54, 1.807) is 0 Å². The van der Waals surface area contributed by atoms with Crippen molar-refractivity contribution < 1.29 is 28.6 Å². The van der Waals surface area contributed by atoms with Crippen LogP contribution < -0.4 is 4.90 Å². The molecule has 3 fully saturated rings. The van der Waals surface area contributed by atoms with E-state index in [-0.39, 0.29) is 17.9 Å². The number of esters is 1. The van der Waals surface area contributed by atoms with Gasteiger partial charge in [-0.25, -0.2) is 9.59 Å². The number of ether oxygens (including phenoxy) is 3. The Morgan fingerprint density at radius 2 is 1.63 bits per heavy atom. The number of amides is 2. The van der Waals surface area contributed by atoms with Crippen LogP contribution in [0.3, 0.4) is 0 Å². The Bertz CT molecular complexity index is 1180. The molecule has 1 saturated carbocycles. The Morgan fingerprint density at radius 3 is 2.32 bits per heavy atom. The summed E-state index contributed by atoms with van der Waals surface area (Å²) >= 11 is 1.32. The van der Waals surface area contributed by atoms with Gasteiger partial charge in [-0.05, 0) is 76.2 Å². The van der Waals surface area contributed by atoms with Gasteiger partial charge in [0.05, 0.1) is 18.9 Å². The van der Waals surface area contributed by atoms with Gasteiger partial charge in [0.1, 0.15) is 4.88 Å². The molecule has 0 bridgehead atoms. The highest BCUT2D eigenvalue weighted by atomic mass is 32.1. The molecule has 5 rings (SSSR count). The van der Waals surface area contributed by atoms with Crippen LogP contribution in [-0.4, -0.2) is 87.0 Å². The number of anilines is 1. The zero-order valence-electron chi connectivity index (χ0n) is 24.1. The molecule has 0 unspecified atom stereocenters. The summed E-state index contributed by atoms with van der Waals surface area (Å²) < 4.78 is 16.0. The maximum Gasteiger partial charge on any atom is 0.412 e. The van der Waals surface area contributed by atoms with E-state index in [4.69, 9.17) is 14.2 Å². The van der Waals surface area contributed by atoms with Gasteiger partial charge in [0.25, 0.3) is 0 Å². The molecule has 0 atom stereocenters. The minimum atomic E-state index is -0.593. The predicted octanol–water partition coefficient (Wildman–Crippen LogP) is 5.25. The number of rotatable bonds is 7. The number of thiophene rings is 1. The number of hydrogen-bond acceptors (Lipinski definition) is 8. The van der Waals surface area contributed by atoms with Crippen molar-refractivity contribution in [1.29, 1.82) is 0 Å². The highest BCUT2D eigenvalue weighted by molar-refractivity contribution is 7.18. The molecule has 3 aliphatic rings. The third-order valence-electron chi connectivity index (χ3n) is 8.51. The van der Waals surface area contributed by atoms with Crippen molar-refractivity contribution in [3.63, 3.8) is 0 Å². The zero-order chi connectivity index (χ0) is 28.8. The monoisotopic (exact) mass is 583 g/mol.